The molecule has 1 unspecified atom stereocenters. The van der Waals surface area contributed by atoms with Crippen molar-refractivity contribution in [1.29, 1.82) is 0 Å². The molecule has 2 saturated heterocycles. The van der Waals surface area contributed by atoms with Gasteiger partial charge in [-0.15, -0.1) is 0 Å². The molecule has 2 aliphatic rings. The molecule has 2 rings (SSSR count). The quantitative estimate of drug-likeness (QED) is 0.779. The first-order chi connectivity index (χ1) is 7.79. The molecule has 0 amide bonds. The van der Waals surface area contributed by atoms with Crippen LogP contribution >= 0.6 is 0 Å². The van der Waals surface area contributed by atoms with Crippen LogP contribution in [0.4, 0.5) is 0 Å². The lowest BCUT2D eigenvalue weighted by Crippen LogP contribution is -2.37. The van der Waals surface area contributed by atoms with Gasteiger partial charge >= 0.3 is 0 Å². The summed E-state index contributed by atoms with van der Waals surface area (Å²) in [5.41, 5.74) is 0. The van der Waals surface area contributed by atoms with Crippen molar-refractivity contribution in [3.63, 3.8) is 0 Å². The summed E-state index contributed by atoms with van der Waals surface area (Å²) in [4.78, 5) is 5.10. The van der Waals surface area contributed by atoms with E-state index in [2.05, 4.69) is 16.8 Å². The molecular weight excluding hydrogens is 200 g/mol. The van der Waals surface area contributed by atoms with Gasteiger partial charge in [-0.25, -0.2) is 0 Å². The smallest absolute Gasteiger partial charge is 0.0460 e. The second-order valence-electron chi connectivity index (χ2n) is 5.53. The second kappa shape index (κ2) is 5.99. The van der Waals surface area contributed by atoms with Crippen molar-refractivity contribution in [1.82, 2.24) is 9.80 Å². The van der Waals surface area contributed by atoms with Gasteiger partial charge in [-0.3, -0.25) is 0 Å². The monoisotopic (exact) mass is 226 g/mol. The molecule has 0 aromatic rings. The first kappa shape index (κ1) is 12.3. The number of aliphatic hydroxyl groups excluding tert-OH is 1. The summed E-state index contributed by atoms with van der Waals surface area (Å²) in [6.45, 7) is 5.33. The van der Waals surface area contributed by atoms with Gasteiger partial charge in [0.05, 0.1) is 0 Å². The molecule has 0 spiro atoms. The van der Waals surface area contributed by atoms with Gasteiger partial charge < -0.3 is 14.9 Å². The first-order valence-electron chi connectivity index (χ1n) is 6.83. The van der Waals surface area contributed by atoms with E-state index in [-0.39, 0.29) is 0 Å². The van der Waals surface area contributed by atoms with Gasteiger partial charge in [0, 0.05) is 12.6 Å². The molecule has 0 radical (unpaired) electrons. The summed E-state index contributed by atoms with van der Waals surface area (Å²) >= 11 is 0. The largest absolute Gasteiger partial charge is 0.396 e. The predicted octanol–water partition coefficient (Wildman–Crippen LogP) is 1.17. The molecule has 0 saturated carbocycles. The van der Waals surface area contributed by atoms with Gasteiger partial charge in [0.1, 0.15) is 0 Å². The van der Waals surface area contributed by atoms with Gasteiger partial charge in [0.2, 0.25) is 0 Å². The zero-order valence-corrected chi connectivity index (χ0v) is 10.6. The Kier molecular flexibility index (Phi) is 4.62. The van der Waals surface area contributed by atoms with E-state index >= 15 is 0 Å². The maximum atomic E-state index is 9.09. The molecule has 1 atom stereocenters. The molecule has 1 N–H and O–H groups in total. The van der Waals surface area contributed by atoms with E-state index in [4.69, 9.17) is 5.11 Å². The van der Waals surface area contributed by atoms with Crippen molar-refractivity contribution in [3.05, 3.63) is 0 Å². The van der Waals surface area contributed by atoms with Gasteiger partial charge in [-0.05, 0) is 71.2 Å². The molecule has 2 heterocycles. The third kappa shape index (κ3) is 3.19. The topological polar surface area (TPSA) is 26.7 Å². The van der Waals surface area contributed by atoms with Gasteiger partial charge in [-0.1, -0.05) is 0 Å². The Morgan fingerprint density at radius 1 is 1.12 bits per heavy atom. The molecule has 3 nitrogen and oxygen atoms in total. The Morgan fingerprint density at radius 3 is 2.44 bits per heavy atom. The fraction of sp³-hybridized carbons (Fsp3) is 1.00. The van der Waals surface area contributed by atoms with E-state index in [9.17, 15) is 0 Å². The summed E-state index contributed by atoms with van der Waals surface area (Å²) in [7, 11) is 2.26. The molecular formula is C13H26N2O. The molecule has 94 valence electrons. The third-order valence-electron chi connectivity index (χ3n) is 4.42. The maximum Gasteiger partial charge on any atom is 0.0460 e. The Labute approximate surface area is 99.4 Å². The molecule has 0 aromatic heterocycles. The van der Waals surface area contributed by atoms with Crippen LogP contribution in [0.3, 0.4) is 0 Å². The summed E-state index contributed by atoms with van der Waals surface area (Å²) in [5.74, 6) is 0.574. The summed E-state index contributed by atoms with van der Waals surface area (Å²) in [6, 6.07) is 0.829. The molecule has 0 aliphatic carbocycles. The average molecular weight is 226 g/mol. The van der Waals surface area contributed by atoms with Crippen molar-refractivity contribution < 1.29 is 5.11 Å². The van der Waals surface area contributed by atoms with Crippen molar-refractivity contribution in [2.24, 2.45) is 5.92 Å². The Morgan fingerprint density at radius 2 is 1.88 bits per heavy atom. The number of rotatable bonds is 4. The maximum absolute atomic E-state index is 9.09. The van der Waals surface area contributed by atoms with Crippen LogP contribution in [0.5, 0.6) is 0 Å². The molecule has 16 heavy (non-hydrogen) atoms. The standard InChI is InChI=1S/C13H26N2O/c1-14-7-2-3-13(14)6-10-15-8-4-12(11-16)5-9-15/h12-13,16H,2-11H2,1H3. The normalized spacial score (nSPS) is 30.0. The van der Waals surface area contributed by atoms with Crippen LogP contribution in [-0.2, 0) is 0 Å². The minimum Gasteiger partial charge on any atom is -0.396 e. The summed E-state index contributed by atoms with van der Waals surface area (Å²) in [5, 5.41) is 9.09. The average Bonchev–Trinajstić information content (AvgIpc) is 2.73. The van der Waals surface area contributed by atoms with Crippen LogP contribution in [0.1, 0.15) is 32.1 Å². The van der Waals surface area contributed by atoms with Crippen LogP contribution in [0.15, 0.2) is 0 Å². The highest BCUT2D eigenvalue weighted by molar-refractivity contribution is 4.79. The number of nitrogens with zero attached hydrogens (tertiary/aromatic N) is 2. The summed E-state index contributed by atoms with van der Waals surface area (Å²) in [6.07, 6.45) is 6.49. The highest BCUT2D eigenvalue weighted by Gasteiger charge is 2.23. The minimum absolute atomic E-state index is 0.388. The van der Waals surface area contributed by atoms with Crippen LogP contribution in [0.25, 0.3) is 0 Å². The fourth-order valence-electron chi connectivity index (χ4n) is 3.07. The highest BCUT2D eigenvalue weighted by Crippen LogP contribution is 2.20. The molecule has 3 heteroatoms. The first-order valence-corrected chi connectivity index (χ1v) is 6.83. The van der Waals surface area contributed by atoms with Gasteiger partial charge in [0.25, 0.3) is 0 Å². The number of likely N-dealkylation sites (tertiary alicyclic amines) is 2. The lowest BCUT2D eigenvalue weighted by atomic mass is 9.97. The molecule has 0 bridgehead atoms. The third-order valence-corrected chi connectivity index (χ3v) is 4.42. The second-order valence-corrected chi connectivity index (χ2v) is 5.53. The molecule has 2 fully saturated rings. The van der Waals surface area contributed by atoms with E-state index in [1.54, 1.807) is 0 Å². The Balaban J connectivity index is 1.63. The molecule has 2 aliphatic heterocycles. The predicted molar refractivity (Wildman–Crippen MR) is 66.5 cm³/mol. The van der Waals surface area contributed by atoms with E-state index in [0.717, 1.165) is 6.04 Å². The van der Waals surface area contributed by atoms with E-state index in [1.165, 1.54) is 58.3 Å². The zero-order chi connectivity index (χ0) is 11.4. The van der Waals surface area contributed by atoms with E-state index < -0.39 is 0 Å². The van der Waals surface area contributed by atoms with Crippen LogP contribution in [0, 0.1) is 5.92 Å². The van der Waals surface area contributed by atoms with Crippen LogP contribution in [-0.4, -0.2) is 60.8 Å². The summed E-state index contributed by atoms with van der Waals surface area (Å²) < 4.78 is 0. The minimum atomic E-state index is 0.388. The van der Waals surface area contributed by atoms with E-state index in [0.29, 0.717) is 12.5 Å². The number of piperidine rings is 1. The zero-order valence-electron chi connectivity index (χ0n) is 10.6. The van der Waals surface area contributed by atoms with Crippen molar-refractivity contribution in [2.45, 2.75) is 38.1 Å². The molecule has 0 aromatic carbocycles. The van der Waals surface area contributed by atoms with Gasteiger partial charge in [-0.2, -0.15) is 0 Å². The lowest BCUT2D eigenvalue weighted by Gasteiger charge is -2.32. The van der Waals surface area contributed by atoms with Crippen LogP contribution < -0.4 is 0 Å². The Bertz CT molecular complexity index is 202. The number of hydrogen-bond acceptors (Lipinski definition) is 3. The van der Waals surface area contributed by atoms with Crippen molar-refractivity contribution >= 4 is 0 Å². The highest BCUT2D eigenvalue weighted by atomic mass is 16.3. The van der Waals surface area contributed by atoms with Crippen molar-refractivity contribution in [2.75, 3.05) is 39.8 Å². The Hall–Kier alpha value is -0.120. The fourth-order valence-corrected chi connectivity index (χ4v) is 3.07. The SMILES string of the molecule is CN1CCCC1CCN1CCC(CO)CC1. The number of aliphatic hydroxyl groups is 1. The van der Waals surface area contributed by atoms with Gasteiger partial charge in [0.15, 0.2) is 0 Å². The van der Waals surface area contributed by atoms with E-state index in [1.807, 2.05) is 0 Å². The van der Waals surface area contributed by atoms with Crippen molar-refractivity contribution in [3.8, 4) is 0 Å². The number of hydrogen-bond donors (Lipinski definition) is 1. The lowest BCUT2D eigenvalue weighted by molar-refractivity contribution is 0.124. The van der Waals surface area contributed by atoms with Crippen LogP contribution in [0.2, 0.25) is 0 Å².